The standard InChI is InChI=1S/C27H25Cl2FN4O4/c1-33(22(36)15-28)6-11-38-27-31-25-20(26(32-27)34-7-9-37-10-8-34)14-21(29)23(24(25)30)19-13-17(35)12-16-4-2-3-5-18(16)19/h2-5,12-14,35H,6-11,15H2,1H3. The van der Waals surface area contributed by atoms with Crippen LogP contribution in [-0.4, -0.2) is 78.3 Å². The van der Waals surface area contributed by atoms with E-state index < -0.39 is 5.82 Å². The number of hydrogen-bond acceptors (Lipinski definition) is 7. The van der Waals surface area contributed by atoms with Gasteiger partial charge in [-0.1, -0.05) is 35.9 Å². The van der Waals surface area contributed by atoms with Crippen molar-refractivity contribution in [2.45, 2.75) is 0 Å². The molecule has 4 aromatic rings. The topological polar surface area (TPSA) is 88.0 Å². The number of carbonyl (C=O) groups excluding carboxylic acids is 1. The van der Waals surface area contributed by atoms with Gasteiger partial charge in [-0.25, -0.2) is 4.39 Å². The van der Waals surface area contributed by atoms with E-state index in [1.807, 2.05) is 29.2 Å². The minimum absolute atomic E-state index is 0.00871. The van der Waals surface area contributed by atoms with E-state index in [9.17, 15) is 9.90 Å². The first kappa shape index (κ1) is 26.2. The average Bonchev–Trinajstić information content (AvgIpc) is 2.93. The van der Waals surface area contributed by atoms with Crippen molar-refractivity contribution in [3.05, 3.63) is 53.3 Å². The maximum absolute atomic E-state index is 16.4. The number of aromatic nitrogens is 2. The molecule has 2 heterocycles. The van der Waals surface area contributed by atoms with Gasteiger partial charge in [0.25, 0.3) is 0 Å². The van der Waals surface area contributed by atoms with Gasteiger partial charge in [-0.05, 0) is 34.5 Å². The first-order chi connectivity index (χ1) is 18.4. The highest BCUT2D eigenvalue weighted by Crippen LogP contribution is 2.42. The molecule has 1 fully saturated rings. The number of halogens is 3. The van der Waals surface area contributed by atoms with E-state index in [4.69, 9.17) is 32.7 Å². The second kappa shape index (κ2) is 11.1. The Balaban J connectivity index is 1.64. The Bertz CT molecular complexity index is 1510. The Kier molecular flexibility index (Phi) is 7.69. The lowest BCUT2D eigenvalue weighted by atomic mass is 9.96. The summed E-state index contributed by atoms with van der Waals surface area (Å²) < 4.78 is 27.6. The van der Waals surface area contributed by atoms with E-state index in [1.54, 1.807) is 19.2 Å². The number of amides is 1. The SMILES string of the molecule is CN(CCOc1nc(N2CCOCC2)c2cc(Cl)c(-c3cc(O)cc4ccccc34)c(F)c2n1)C(=O)CCl. The number of alkyl halides is 1. The first-order valence-corrected chi connectivity index (χ1v) is 13.0. The van der Waals surface area contributed by atoms with Gasteiger partial charge in [-0.3, -0.25) is 4.79 Å². The fourth-order valence-corrected chi connectivity index (χ4v) is 4.99. The van der Waals surface area contributed by atoms with Crippen LogP contribution in [0.5, 0.6) is 11.8 Å². The van der Waals surface area contributed by atoms with Gasteiger partial charge in [-0.15, -0.1) is 11.6 Å². The summed E-state index contributed by atoms with van der Waals surface area (Å²) in [5, 5.41) is 12.4. The summed E-state index contributed by atoms with van der Waals surface area (Å²) in [5.74, 6) is -0.563. The molecule has 3 aromatic carbocycles. The summed E-state index contributed by atoms with van der Waals surface area (Å²) in [4.78, 5) is 24.2. The van der Waals surface area contributed by atoms with Crippen molar-refractivity contribution in [3.8, 4) is 22.9 Å². The van der Waals surface area contributed by atoms with E-state index in [2.05, 4.69) is 9.97 Å². The quantitative estimate of drug-likeness (QED) is 0.324. The lowest BCUT2D eigenvalue weighted by molar-refractivity contribution is -0.127. The molecule has 0 radical (unpaired) electrons. The predicted octanol–water partition coefficient (Wildman–Crippen LogP) is 4.86. The molecule has 1 amide bonds. The molecule has 1 saturated heterocycles. The van der Waals surface area contributed by atoms with E-state index in [-0.39, 0.29) is 52.8 Å². The van der Waals surface area contributed by atoms with Gasteiger partial charge in [0.05, 0.1) is 24.8 Å². The number of phenolic OH excluding ortho intramolecular Hbond substituents is 1. The van der Waals surface area contributed by atoms with Crippen molar-refractivity contribution in [3.63, 3.8) is 0 Å². The highest BCUT2D eigenvalue weighted by molar-refractivity contribution is 6.35. The van der Waals surface area contributed by atoms with Crippen molar-refractivity contribution >= 4 is 56.6 Å². The van der Waals surface area contributed by atoms with Gasteiger partial charge in [-0.2, -0.15) is 9.97 Å². The molecule has 0 aliphatic carbocycles. The molecule has 1 aliphatic rings. The highest BCUT2D eigenvalue weighted by Gasteiger charge is 2.24. The van der Waals surface area contributed by atoms with Crippen LogP contribution in [0, 0.1) is 5.82 Å². The Morgan fingerprint density at radius 2 is 1.95 bits per heavy atom. The fourth-order valence-electron chi connectivity index (χ4n) is 4.49. The van der Waals surface area contributed by atoms with Gasteiger partial charge in [0.15, 0.2) is 5.82 Å². The van der Waals surface area contributed by atoms with Crippen LogP contribution in [0.2, 0.25) is 5.02 Å². The van der Waals surface area contributed by atoms with Crippen molar-refractivity contribution < 1.29 is 23.8 Å². The van der Waals surface area contributed by atoms with E-state index in [0.717, 1.165) is 10.8 Å². The van der Waals surface area contributed by atoms with Gasteiger partial charge in [0.2, 0.25) is 5.91 Å². The monoisotopic (exact) mass is 558 g/mol. The van der Waals surface area contributed by atoms with Gasteiger partial charge < -0.3 is 24.4 Å². The van der Waals surface area contributed by atoms with Crippen LogP contribution >= 0.6 is 23.2 Å². The van der Waals surface area contributed by atoms with Crippen molar-refractivity contribution in [1.82, 2.24) is 14.9 Å². The maximum atomic E-state index is 16.4. The van der Waals surface area contributed by atoms with Crippen LogP contribution in [-0.2, 0) is 9.53 Å². The number of rotatable bonds is 7. The third-order valence-corrected chi connectivity index (χ3v) is 6.99. The molecule has 0 atom stereocenters. The number of fused-ring (bicyclic) bond motifs is 2. The summed E-state index contributed by atoms with van der Waals surface area (Å²) in [6.45, 7) is 2.44. The third-order valence-electron chi connectivity index (χ3n) is 6.47. The third kappa shape index (κ3) is 5.14. The predicted molar refractivity (Wildman–Crippen MR) is 146 cm³/mol. The zero-order chi connectivity index (χ0) is 26.8. The molecule has 1 aliphatic heterocycles. The molecular formula is C27H25Cl2FN4O4. The number of benzene rings is 3. The number of nitrogens with zero attached hydrogens (tertiary/aromatic N) is 4. The molecule has 0 bridgehead atoms. The molecule has 198 valence electrons. The number of hydrogen-bond donors (Lipinski definition) is 1. The van der Waals surface area contributed by atoms with E-state index in [1.165, 1.54) is 11.0 Å². The van der Waals surface area contributed by atoms with Crippen LogP contribution in [0.25, 0.3) is 32.8 Å². The van der Waals surface area contributed by atoms with Crippen LogP contribution in [0.1, 0.15) is 0 Å². The van der Waals surface area contributed by atoms with Crippen LogP contribution in [0.15, 0.2) is 42.5 Å². The molecule has 0 unspecified atom stereocenters. The van der Waals surface area contributed by atoms with Crippen LogP contribution < -0.4 is 9.64 Å². The number of morpholine rings is 1. The summed E-state index contributed by atoms with van der Waals surface area (Å²) in [6, 6.07) is 12.1. The molecule has 1 N–H and O–H groups in total. The largest absolute Gasteiger partial charge is 0.508 e. The smallest absolute Gasteiger partial charge is 0.319 e. The summed E-state index contributed by atoms with van der Waals surface area (Å²) in [5.41, 5.74) is 0.602. The number of carbonyl (C=O) groups is 1. The maximum Gasteiger partial charge on any atom is 0.319 e. The molecular weight excluding hydrogens is 534 g/mol. The van der Waals surface area contributed by atoms with E-state index in [0.29, 0.717) is 43.1 Å². The molecule has 0 saturated carbocycles. The first-order valence-electron chi connectivity index (χ1n) is 12.0. The minimum Gasteiger partial charge on any atom is -0.508 e. The van der Waals surface area contributed by atoms with Crippen LogP contribution in [0.4, 0.5) is 10.2 Å². The average molecular weight is 559 g/mol. The second-order valence-corrected chi connectivity index (χ2v) is 9.56. The number of anilines is 1. The summed E-state index contributed by atoms with van der Waals surface area (Å²) >= 11 is 12.3. The van der Waals surface area contributed by atoms with Crippen molar-refractivity contribution in [1.29, 1.82) is 0 Å². The van der Waals surface area contributed by atoms with Gasteiger partial charge in [0.1, 0.15) is 29.6 Å². The Hall–Kier alpha value is -3.40. The summed E-state index contributed by atoms with van der Waals surface area (Å²) in [6.07, 6.45) is 0. The number of likely N-dealkylation sites (N-methyl/N-ethyl adjacent to an activating group) is 1. The molecule has 38 heavy (non-hydrogen) atoms. The minimum atomic E-state index is -0.653. The lowest BCUT2D eigenvalue weighted by Gasteiger charge is -2.29. The van der Waals surface area contributed by atoms with Gasteiger partial charge >= 0.3 is 6.01 Å². The van der Waals surface area contributed by atoms with E-state index >= 15 is 4.39 Å². The Morgan fingerprint density at radius 3 is 2.71 bits per heavy atom. The number of phenols is 1. The zero-order valence-electron chi connectivity index (χ0n) is 20.6. The Labute approximate surface area is 228 Å². The molecule has 5 rings (SSSR count). The molecule has 11 heteroatoms. The lowest BCUT2D eigenvalue weighted by Crippen LogP contribution is -2.37. The normalized spacial score (nSPS) is 13.7. The number of aromatic hydroxyl groups is 1. The number of ether oxygens (including phenoxy) is 2. The van der Waals surface area contributed by atoms with Crippen LogP contribution in [0.3, 0.4) is 0 Å². The van der Waals surface area contributed by atoms with Gasteiger partial charge in [0, 0.05) is 31.1 Å². The van der Waals surface area contributed by atoms with Crippen molar-refractivity contribution in [2.75, 3.05) is 57.3 Å². The highest BCUT2D eigenvalue weighted by atomic mass is 35.5. The molecule has 8 nitrogen and oxygen atoms in total. The molecule has 1 aromatic heterocycles. The zero-order valence-corrected chi connectivity index (χ0v) is 22.1. The Morgan fingerprint density at radius 1 is 1.18 bits per heavy atom. The molecule has 0 spiro atoms. The fraction of sp³-hybridized carbons (Fsp3) is 0.296. The summed E-state index contributed by atoms with van der Waals surface area (Å²) in [7, 11) is 1.61. The second-order valence-electron chi connectivity index (χ2n) is 8.88. The van der Waals surface area contributed by atoms with Crippen molar-refractivity contribution in [2.24, 2.45) is 0 Å².